The summed E-state index contributed by atoms with van der Waals surface area (Å²) < 4.78 is 0. The first-order valence-corrected chi connectivity index (χ1v) is 7.37. The molecule has 0 amide bonds. The molecule has 0 unspecified atom stereocenters. The van der Waals surface area contributed by atoms with E-state index in [0.717, 1.165) is 11.4 Å². The molecule has 0 aliphatic rings. The summed E-state index contributed by atoms with van der Waals surface area (Å²) in [4.78, 5) is 16.4. The van der Waals surface area contributed by atoms with E-state index >= 15 is 0 Å². The Morgan fingerprint density at radius 3 is 1.37 bits per heavy atom. The van der Waals surface area contributed by atoms with E-state index in [-0.39, 0.29) is 52.8 Å². The summed E-state index contributed by atoms with van der Waals surface area (Å²) in [6, 6.07) is 10.5. The Hall–Kier alpha value is -2.21. The van der Waals surface area contributed by atoms with Gasteiger partial charge >= 0.3 is 16.5 Å². The van der Waals surface area contributed by atoms with Gasteiger partial charge in [0.25, 0.3) is 0 Å². The van der Waals surface area contributed by atoms with Crippen molar-refractivity contribution >= 4 is 22.1 Å². The smallest absolute Gasteiger partial charge is 1.00 e. The SMILES string of the molecule is Cc1ccc2c(O)ccnc2n1.Cc1ccc2c(O)ccnc2n1.[Cl-].[Cl-].[Ni+2]. The largest absolute Gasteiger partial charge is 2.00 e. The van der Waals surface area contributed by atoms with Crippen LogP contribution in [0.4, 0.5) is 0 Å². The normalized spacial score (nSPS) is 9.26. The van der Waals surface area contributed by atoms with Crippen LogP contribution in [0.15, 0.2) is 48.8 Å². The number of fused-ring (bicyclic) bond motifs is 2. The van der Waals surface area contributed by atoms with Gasteiger partial charge in [0, 0.05) is 23.8 Å². The molecule has 0 aromatic carbocycles. The Morgan fingerprint density at radius 1 is 0.630 bits per heavy atom. The van der Waals surface area contributed by atoms with Gasteiger partial charge in [0.05, 0.1) is 10.8 Å². The fourth-order valence-corrected chi connectivity index (χ4v) is 2.22. The molecule has 4 aromatic heterocycles. The number of aromatic hydroxyl groups is 2. The summed E-state index contributed by atoms with van der Waals surface area (Å²) in [5.74, 6) is 0.458. The van der Waals surface area contributed by atoms with E-state index in [9.17, 15) is 10.2 Å². The minimum absolute atomic E-state index is 0. The third kappa shape index (κ3) is 5.89. The van der Waals surface area contributed by atoms with Crippen LogP contribution in [0.25, 0.3) is 22.1 Å². The number of nitrogens with zero attached hydrogens (tertiary/aromatic N) is 4. The fourth-order valence-electron chi connectivity index (χ4n) is 2.22. The third-order valence-electron chi connectivity index (χ3n) is 3.44. The fraction of sp³-hybridized carbons (Fsp3) is 0.111. The molecule has 4 aromatic rings. The van der Waals surface area contributed by atoms with E-state index in [1.807, 2.05) is 38.1 Å². The molecule has 2 N–H and O–H groups in total. The van der Waals surface area contributed by atoms with Gasteiger partial charge < -0.3 is 35.0 Å². The summed E-state index contributed by atoms with van der Waals surface area (Å²) in [7, 11) is 0. The average Bonchev–Trinajstić information content (AvgIpc) is 2.55. The van der Waals surface area contributed by atoms with Gasteiger partial charge in [0.1, 0.15) is 11.5 Å². The van der Waals surface area contributed by atoms with Gasteiger partial charge in [-0.25, -0.2) is 19.9 Å². The summed E-state index contributed by atoms with van der Waals surface area (Å²) >= 11 is 0. The quantitative estimate of drug-likeness (QED) is 0.284. The van der Waals surface area contributed by atoms with Gasteiger partial charge in [-0.1, -0.05) is 0 Å². The summed E-state index contributed by atoms with van der Waals surface area (Å²) in [6.45, 7) is 3.79. The number of hydrogen-bond donors (Lipinski definition) is 2. The van der Waals surface area contributed by atoms with Gasteiger partial charge in [-0.2, -0.15) is 0 Å². The standard InChI is InChI=1S/2C9H8N2O.2ClH.Ni/c2*1-6-2-3-7-8(12)4-5-10-9(7)11-6;;;/h2*2-5H,1H3,(H,10,11,12);2*1H;/q;;;;+2/p-2. The maximum atomic E-state index is 9.38. The molecule has 0 atom stereocenters. The summed E-state index contributed by atoms with van der Waals surface area (Å²) in [5, 5.41) is 20.2. The van der Waals surface area contributed by atoms with Crippen LogP contribution in [0.5, 0.6) is 11.5 Å². The maximum absolute atomic E-state index is 9.38. The molecular formula is C18H16Cl2N4NiO2. The molecule has 0 aliphatic carbocycles. The average molecular weight is 450 g/mol. The minimum Gasteiger partial charge on any atom is -1.00 e. The van der Waals surface area contributed by atoms with Gasteiger partial charge in [0.15, 0.2) is 11.3 Å². The predicted molar refractivity (Wildman–Crippen MR) is 91.9 cm³/mol. The summed E-state index contributed by atoms with van der Waals surface area (Å²) in [5.41, 5.74) is 2.99. The Kier molecular flexibility index (Phi) is 9.94. The second-order valence-electron chi connectivity index (χ2n) is 5.31. The van der Waals surface area contributed by atoms with Crippen molar-refractivity contribution in [1.82, 2.24) is 19.9 Å². The number of pyridine rings is 4. The molecule has 0 bridgehead atoms. The van der Waals surface area contributed by atoms with Crippen molar-refractivity contribution in [2.75, 3.05) is 0 Å². The van der Waals surface area contributed by atoms with Crippen LogP contribution in [0, 0.1) is 13.8 Å². The van der Waals surface area contributed by atoms with Crippen LogP contribution in [-0.4, -0.2) is 30.1 Å². The maximum Gasteiger partial charge on any atom is 2.00 e. The van der Waals surface area contributed by atoms with Crippen molar-refractivity contribution in [3.05, 3.63) is 60.2 Å². The van der Waals surface area contributed by atoms with Crippen LogP contribution in [0.3, 0.4) is 0 Å². The minimum atomic E-state index is 0. The Labute approximate surface area is 178 Å². The van der Waals surface area contributed by atoms with Gasteiger partial charge in [-0.3, -0.25) is 0 Å². The molecule has 6 nitrogen and oxygen atoms in total. The number of aryl methyl sites for hydroxylation is 2. The Balaban J connectivity index is 0.000000451. The molecule has 0 aliphatic heterocycles. The van der Waals surface area contributed by atoms with Crippen LogP contribution < -0.4 is 24.8 Å². The predicted octanol–water partition coefficient (Wildman–Crippen LogP) is -2.71. The van der Waals surface area contributed by atoms with Crippen molar-refractivity contribution in [2.24, 2.45) is 0 Å². The Bertz CT molecular complexity index is 951. The van der Waals surface area contributed by atoms with E-state index < -0.39 is 0 Å². The molecule has 27 heavy (non-hydrogen) atoms. The summed E-state index contributed by atoms with van der Waals surface area (Å²) in [6.07, 6.45) is 3.09. The van der Waals surface area contributed by atoms with Crippen LogP contribution >= 0.6 is 0 Å². The molecule has 0 fully saturated rings. The van der Waals surface area contributed by atoms with E-state index in [2.05, 4.69) is 19.9 Å². The van der Waals surface area contributed by atoms with Gasteiger partial charge in [0.2, 0.25) is 0 Å². The molecular weight excluding hydrogens is 434 g/mol. The zero-order valence-corrected chi connectivity index (χ0v) is 16.9. The number of aromatic nitrogens is 4. The zero-order valence-electron chi connectivity index (χ0n) is 14.4. The second-order valence-corrected chi connectivity index (χ2v) is 5.31. The van der Waals surface area contributed by atoms with Crippen molar-refractivity contribution in [3.8, 4) is 11.5 Å². The zero-order chi connectivity index (χ0) is 17.1. The molecule has 4 heterocycles. The number of halogens is 2. The Morgan fingerprint density at radius 2 is 1.00 bits per heavy atom. The molecule has 0 radical (unpaired) electrons. The molecule has 9 heteroatoms. The topological polar surface area (TPSA) is 92.0 Å². The number of hydrogen-bond acceptors (Lipinski definition) is 6. The van der Waals surface area contributed by atoms with Crippen LogP contribution in [0.2, 0.25) is 0 Å². The van der Waals surface area contributed by atoms with Crippen molar-refractivity contribution in [1.29, 1.82) is 0 Å². The first kappa shape index (κ1) is 24.8. The first-order chi connectivity index (χ1) is 11.5. The molecule has 0 saturated heterocycles. The van der Waals surface area contributed by atoms with Gasteiger partial charge in [-0.05, 0) is 50.2 Å². The van der Waals surface area contributed by atoms with Crippen LogP contribution in [0.1, 0.15) is 11.4 Å². The van der Waals surface area contributed by atoms with E-state index in [1.165, 1.54) is 0 Å². The van der Waals surface area contributed by atoms with Crippen molar-refractivity contribution in [2.45, 2.75) is 13.8 Å². The van der Waals surface area contributed by atoms with E-state index in [4.69, 9.17) is 0 Å². The third-order valence-corrected chi connectivity index (χ3v) is 3.44. The monoisotopic (exact) mass is 448 g/mol. The second kappa shape index (κ2) is 10.8. The van der Waals surface area contributed by atoms with Crippen molar-refractivity contribution < 1.29 is 51.5 Å². The van der Waals surface area contributed by atoms with Crippen molar-refractivity contribution in [3.63, 3.8) is 0 Å². The number of rotatable bonds is 0. The van der Waals surface area contributed by atoms with Gasteiger partial charge in [-0.15, -0.1) is 0 Å². The molecule has 144 valence electrons. The van der Waals surface area contributed by atoms with E-state index in [1.54, 1.807) is 24.5 Å². The molecule has 0 saturated carbocycles. The van der Waals surface area contributed by atoms with Crippen LogP contribution in [-0.2, 0) is 16.5 Å². The molecule has 4 rings (SSSR count). The first-order valence-electron chi connectivity index (χ1n) is 7.37. The van der Waals surface area contributed by atoms with E-state index in [0.29, 0.717) is 22.1 Å². The molecule has 0 spiro atoms.